The third-order valence-corrected chi connectivity index (χ3v) is 2.13. The Morgan fingerprint density at radius 1 is 1.75 bits per heavy atom. The number of Topliss-reactive ketones (excluding diaryl/α,β-unsaturated/α-hetero) is 1. The van der Waals surface area contributed by atoms with Crippen molar-refractivity contribution in [3.8, 4) is 6.07 Å². The highest BCUT2D eigenvalue weighted by atomic mass is 16.5. The van der Waals surface area contributed by atoms with E-state index in [1.54, 1.807) is 0 Å². The number of hydrogen-bond acceptors (Lipinski definition) is 3. The van der Waals surface area contributed by atoms with Gasteiger partial charge < -0.3 is 4.74 Å². The van der Waals surface area contributed by atoms with E-state index in [1.807, 2.05) is 13.0 Å². The number of ether oxygens (including phenoxy) is 1. The summed E-state index contributed by atoms with van der Waals surface area (Å²) in [4.78, 5) is 11.3. The third kappa shape index (κ3) is 2.31. The molecule has 3 heteroatoms. The highest BCUT2D eigenvalue weighted by Gasteiger charge is 2.26. The molecule has 0 aliphatic carbocycles. The van der Waals surface area contributed by atoms with E-state index in [-0.39, 0.29) is 17.8 Å². The summed E-state index contributed by atoms with van der Waals surface area (Å²) in [6.07, 6.45) is 1.68. The monoisotopic (exact) mass is 167 g/mol. The van der Waals surface area contributed by atoms with Crippen LogP contribution in [-0.4, -0.2) is 18.5 Å². The van der Waals surface area contributed by atoms with Crippen LogP contribution in [0.1, 0.15) is 26.2 Å². The predicted molar refractivity (Wildman–Crippen MR) is 43.4 cm³/mol. The molecule has 0 spiro atoms. The summed E-state index contributed by atoms with van der Waals surface area (Å²) in [5.41, 5.74) is 0. The zero-order chi connectivity index (χ0) is 8.97. The van der Waals surface area contributed by atoms with E-state index in [4.69, 9.17) is 10.00 Å². The van der Waals surface area contributed by atoms with Crippen LogP contribution in [0.4, 0.5) is 0 Å². The van der Waals surface area contributed by atoms with Gasteiger partial charge in [-0.2, -0.15) is 5.26 Å². The number of ketones is 1. The lowest BCUT2D eigenvalue weighted by molar-refractivity contribution is -0.134. The second-order valence-corrected chi connectivity index (χ2v) is 3.21. The van der Waals surface area contributed by atoms with E-state index in [2.05, 4.69) is 0 Å². The first-order valence-electron chi connectivity index (χ1n) is 4.25. The van der Waals surface area contributed by atoms with Gasteiger partial charge in [0.05, 0.1) is 18.8 Å². The van der Waals surface area contributed by atoms with E-state index in [9.17, 15) is 4.79 Å². The van der Waals surface area contributed by atoms with Crippen molar-refractivity contribution in [3.63, 3.8) is 0 Å². The third-order valence-electron chi connectivity index (χ3n) is 2.13. The normalized spacial score (nSPS) is 29.8. The van der Waals surface area contributed by atoms with Crippen molar-refractivity contribution in [3.05, 3.63) is 0 Å². The van der Waals surface area contributed by atoms with Crippen LogP contribution < -0.4 is 0 Å². The topological polar surface area (TPSA) is 50.1 Å². The molecule has 3 nitrogen and oxygen atoms in total. The molecule has 1 heterocycles. The van der Waals surface area contributed by atoms with Gasteiger partial charge in [0.25, 0.3) is 0 Å². The summed E-state index contributed by atoms with van der Waals surface area (Å²) in [7, 11) is 0. The Morgan fingerprint density at radius 3 is 3.08 bits per heavy atom. The van der Waals surface area contributed by atoms with Crippen LogP contribution >= 0.6 is 0 Å². The molecule has 1 aliphatic heterocycles. The first-order valence-corrected chi connectivity index (χ1v) is 4.25. The van der Waals surface area contributed by atoms with E-state index in [0.717, 1.165) is 0 Å². The molecule has 0 radical (unpaired) electrons. The van der Waals surface area contributed by atoms with Gasteiger partial charge in [-0.15, -0.1) is 0 Å². The minimum atomic E-state index is -0.0270. The summed E-state index contributed by atoms with van der Waals surface area (Å²) in [5.74, 6) is 0.227. The van der Waals surface area contributed by atoms with Crippen molar-refractivity contribution in [2.24, 2.45) is 5.92 Å². The zero-order valence-electron chi connectivity index (χ0n) is 7.25. The number of carbonyl (C=O) groups is 1. The summed E-state index contributed by atoms with van der Waals surface area (Å²) < 4.78 is 5.33. The molecular weight excluding hydrogens is 154 g/mol. The molecule has 0 amide bonds. The van der Waals surface area contributed by atoms with Gasteiger partial charge >= 0.3 is 0 Å². The van der Waals surface area contributed by atoms with Gasteiger partial charge in [-0.25, -0.2) is 0 Å². The fourth-order valence-electron chi connectivity index (χ4n) is 1.37. The molecule has 1 fully saturated rings. The molecular formula is C9H13NO2. The molecule has 0 bridgehead atoms. The molecule has 0 aromatic rings. The number of rotatable bonds is 2. The van der Waals surface area contributed by atoms with Gasteiger partial charge in [-0.05, 0) is 13.3 Å². The minimum absolute atomic E-state index is 0.0270. The van der Waals surface area contributed by atoms with Crippen LogP contribution in [0.3, 0.4) is 0 Å². The lowest BCUT2D eigenvalue weighted by Crippen LogP contribution is -2.32. The van der Waals surface area contributed by atoms with E-state index >= 15 is 0 Å². The maximum Gasteiger partial charge on any atom is 0.140 e. The molecule has 12 heavy (non-hydrogen) atoms. The van der Waals surface area contributed by atoms with E-state index < -0.39 is 0 Å². The number of nitriles is 1. The summed E-state index contributed by atoms with van der Waals surface area (Å²) >= 11 is 0. The van der Waals surface area contributed by atoms with Gasteiger partial charge in [0.1, 0.15) is 5.78 Å². The maximum absolute atomic E-state index is 11.3. The van der Waals surface area contributed by atoms with Gasteiger partial charge in [0.15, 0.2) is 0 Å². The average Bonchev–Trinajstić information content (AvgIpc) is 2.03. The Kier molecular flexibility index (Phi) is 3.24. The lowest BCUT2D eigenvalue weighted by Gasteiger charge is -2.24. The highest BCUT2D eigenvalue weighted by Crippen LogP contribution is 2.18. The molecule has 0 saturated carbocycles. The van der Waals surface area contributed by atoms with Crippen molar-refractivity contribution < 1.29 is 9.53 Å². The number of nitrogens with zero attached hydrogens (tertiary/aromatic N) is 1. The van der Waals surface area contributed by atoms with Crippen LogP contribution in [-0.2, 0) is 9.53 Å². The van der Waals surface area contributed by atoms with Gasteiger partial charge in [-0.3, -0.25) is 4.79 Å². The van der Waals surface area contributed by atoms with Crippen LogP contribution in [0.15, 0.2) is 0 Å². The largest absolute Gasteiger partial charge is 0.377 e. The van der Waals surface area contributed by atoms with Gasteiger partial charge in [-0.1, -0.05) is 0 Å². The number of carbonyl (C=O) groups excluding carboxylic acids is 1. The van der Waals surface area contributed by atoms with E-state index in [1.165, 1.54) is 0 Å². The molecule has 2 atom stereocenters. The molecule has 1 aliphatic rings. The maximum atomic E-state index is 11.3. The van der Waals surface area contributed by atoms with Crippen molar-refractivity contribution in [1.82, 2.24) is 0 Å². The summed E-state index contributed by atoms with van der Waals surface area (Å²) in [6.45, 7) is 2.40. The Labute approximate surface area is 72.3 Å². The molecule has 2 unspecified atom stereocenters. The quantitative estimate of drug-likeness (QED) is 0.622. The standard InChI is InChI=1S/C9H13NO2/c1-7-5-9(11)8(6-12-7)3-2-4-10/h7-8H,2-3,5-6H2,1H3. The van der Waals surface area contributed by atoms with E-state index in [0.29, 0.717) is 25.9 Å². The summed E-state index contributed by atoms with van der Waals surface area (Å²) in [5, 5.41) is 8.33. The molecule has 1 rings (SSSR count). The molecule has 66 valence electrons. The first kappa shape index (κ1) is 9.21. The van der Waals surface area contributed by atoms with Crippen LogP contribution in [0.2, 0.25) is 0 Å². The Bertz CT molecular complexity index is 207. The lowest BCUT2D eigenvalue weighted by atomic mass is 9.93. The van der Waals surface area contributed by atoms with Crippen molar-refractivity contribution in [1.29, 1.82) is 5.26 Å². The predicted octanol–water partition coefficient (Wildman–Crippen LogP) is 1.28. The molecule has 0 aromatic heterocycles. The van der Waals surface area contributed by atoms with Crippen LogP contribution in [0.25, 0.3) is 0 Å². The van der Waals surface area contributed by atoms with Gasteiger partial charge in [0.2, 0.25) is 0 Å². The SMILES string of the molecule is CC1CC(=O)C(CCC#N)CO1. The van der Waals surface area contributed by atoms with Crippen molar-refractivity contribution in [2.75, 3.05) is 6.61 Å². The molecule has 0 N–H and O–H groups in total. The highest BCUT2D eigenvalue weighted by molar-refractivity contribution is 5.82. The Morgan fingerprint density at radius 2 is 2.50 bits per heavy atom. The minimum Gasteiger partial charge on any atom is -0.377 e. The zero-order valence-corrected chi connectivity index (χ0v) is 7.25. The van der Waals surface area contributed by atoms with Crippen molar-refractivity contribution >= 4 is 5.78 Å². The molecule has 0 aromatic carbocycles. The summed E-state index contributed by atoms with van der Waals surface area (Å²) in [6, 6.07) is 2.04. The van der Waals surface area contributed by atoms with Crippen LogP contribution in [0.5, 0.6) is 0 Å². The first-order chi connectivity index (χ1) is 5.74. The second-order valence-electron chi connectivity index (χ2n) is 3.21. The fourth-order valence-corrected chi connectivity index (χ4v) is 1.37. The smallest absolute Gasteiger partial charge is 0.140 e. The Balaban J connectivity index is 2.36. The van der Waals surface area contributed by atoms with Gasteiger partial charge in [0, 0.05) is 18.8 Å². The average molecular weight is 167 g/mol. The second kappa shape index (κ2) is 4.22. The Hall–Kier alpha value is -0.880. The van der Waals surface area contributed by atoms with Crippen LogP contribution in [0, 0.1) is 17.2 Å². The fraction of sp³-hybridized carbons (Fsp3) is 0.778. The number of hydrogen-bond donors (Lipinski definition) is 0. The van der Waals surface area contributed by atoms with Crippen molar-refractivity contribution in [2.45, 2.75) is 32.3 Å². The molecule has 1 saturated heterocycles.